The lowest BCUT2D eigenvalue weighted by molar-refractivity contribution is -0.122. The van der Waals surface area contributed by atoms with E-state index < -0.39 is 5.54 Å². The van der Waals surface area contributed by atoms with Crippen LogP contribution in [-0.4, -0.2) is 33.2 Å². The topological polar surface area (TPSA) is 82.7 Å². The second-order valence-electron chi connectivity index (χ2n) is 5.75. The monoisotopic (exact) mass is 299 g/mol. The fourth-order valence-corrected chi connectivity index (χ4v) is 2.92. The summed E-state index contributed by atoms with van der Waals surface area (Å²) in [4.78, 5) is 16.9. The molecule has 22 heavy (non-hydrogen) atoms. The SMILES string of the molecule is CCC1(C(=O)Nc2cccc(-c3n[nH]c(C)n3)c2)CCCN1. The zero-order chi connectivity index (χ0) is 15.6. The summed E-state index contributed by atoms with van der Waals surface area (Å²) < 4.78 is 0. The van der Waals surface area contributed by atoms with Gasteiger partial charge < -0.3 is 10.6 Å². The number of aryl methyl sites for hydroxylation is 1. The van der Waals surface area contributed by atoms with Crippen molar-refractivity contribution in [3.8, 4) is 11.4 Å². The van der Waals surface area contributed by atoms with Gasteiger partial charge in [-0.25, -0.2) is 4.98 Å². The number of amides is 1. The van der Waals surface area contributed by atoms with Crippen molar-refractivity contribution >= 4 is 11.6 Å². The number of carbonyl (C=O) groups excluding carboxylic acids is 1. The summed E-state index contributed by atoms with van der Waals surface area (Å²) in [5.41, 5.74) is 1.22. The molecule has 2 aromatic rings. The predicted molar refractivity (Wildman–Crippen MR) is 85.4 cm³/mol. The van der Waals surface area contributed by atoms with Crippen molar-refractivity contribution in [2.45, 2.75) is 38.6 Å². The second kappa shape index (κ2) is 5.88. The van der Waals surface area contributed by atoms with Gasteiger partial charge in [-0.1, -0.05) is 19.1 Å². The van der Waals surface area contributed by atoms with Crippen molar-refractivity contribution in [1.82, 2.24) is 20.5 Å². The van der Waals surface area contributed by atoms with E-state index in [4.69, 9.17) is 0 Å². The van der Waals surface area contributed by atoms with Crippen LogP contribution in [0.25, 0.3) is 11.4 Å². The van der Waals surface area contributed by atoms with E-state index in [9.17, 15) is 4.79 Å². The molecule has 1 unspecified atom stereocenters. The van der Waals surface area contributed by atoms with E-state index in [1.807, 2.05) is 38.1 Å². The number of carbonyl (C=O) groups is 1. The Labute approximate surface area is 129 Å². The molecular weight excluding hydrogens is 278 g/mol. The Morgan fingerprint density at radius 1 is 1.45 bits per heavy atom. The zero-order valence-electron chi connectivity index (χ0n) is 12.9. The van der Waals surface area contributed by atoms with Crippen molar-refractivity contribution in [2.75, 3.05) is 11.9 Å². The Kier molecular flexibility index (Phi) is 3.94. The number of aromatic amines is 1. The number of hydrogen-bond donors (Lipinski definition) is 3. The standard InChI is InChI=1S/C16H21N5O/c1-3-16(8-5-9-17-16)15(22)19-13-7-4-6-12(10-13)14-18-11(2)20-21-14/h4,6-7,10,17H,3,5,8-9H2,1-2H3,(H,19,22)(H,18,20,21). The summed E-state index contributed by atoms with van der Waals surface area (Å²) in [6.45, 7) is 4.81. The van der Waals surface area contributed by atoms with Crippen molar-refractivity contribution in [3.63, 3.8) is 0 Å². The van der Waals surface area contributed by atoms with Crippen LogP contribution in [0.5, 0.6) is 0 Å². The van der Waals surface area contributed by atoms with E-state index in [0.717, 1.165) is 42.9 Å². The number of hydrogen-bond acceptors (Lipinski definition) is 4. The highest BCUT2D eigenvalue weighted by Crippen LogP contribution is 2.26. The molecule has 1 aliphatic rings. The molecule has 3 rings (SSSR count). The smallest absolute Gasteiger partial charge is 0.244 e. The Bertz CT molecular complexity index is 673. The number of aromatic nitrogens is 3. The Balaban J connectivity index is 1.79. The molecule has 1 aliphatic heterocycles. The number of nitrogens with zero attached hydrogens (tertiary/aromatic N) is 2. The van der Waals surface area contributed by atoms with E-state index in [2.05, 4.69) is 25.8 Å². The molecule has 1 atom stereocenters. The molecule has 6 nitrogen and oxygen atoms in total. The zero-order valence-corrected chi connectivity index (χ0v) is 12.9. The van der Waals surface area contributed by atoms with Crippen LogP contribution in [0.15, 0.2) is 24.3 Å². The highest BCUT2D eigenvalue weighted by atomic mass is 16.2. The first-order valence-corrected chi connectivity index (χ1v) is 7.69. The van der Waals surface area contributed by atoms with Crippen molar-refractivity contribution in [3.05, 3.63) is 30.1 Å². The number of rotatable bonds is 4. The first-order chi connectivity index (χ1) is 10.6. The third kappa shape index (κ3) is 2.74. The summed E-state index contributed by atoms with van der Waals surface area (Å²) in [6.07, 6.45) is 2.71. The maximum atomic E-state index is 12.6. The lowest BCUT2D eigenvalue weighted by Crippen LogP contribution is -2.50. The largest absolute Gasteiger partial charge is 0.324 e. The van der Waals surface area contributed by atoms with Gasteiger partial charge in [-0.15, -0.1) is 0 Å². The molecule has 3 N–H and O–H groups in total. The normalized spacial score (nSPS) is 21.0. The van der Waals surface area contributed by atoms with Crippen LogP contribution in [0.3, 0.4) is 0 Å². The molecular formula is C16H21N5O. The van der Waals surface area contributed by atoms with Gasteiger partial charge in [0, 0.05) is 11.3 Å². The van der Waals surface area contributed by atoms with Gasteiger partial charge >= 0.3 is 0 Å². The van der Waals surface area contributed by atoms with Gasteiger partial charge in [0.25, 0.3) is 0 Å². The molecule has 0 spiro atoms. The molecule has 1 aromatic carbocycles. The van der Waals surface area contributed by atoms with Gasteiger partial charge in [-0.3, -0.25) is 9.89 Å². The molecule has 116 valence electrons. The highest BCUT2D eigenvalue weighted by molar-refractivity contribution is 5.98. The fourth-order valence-electron chi connectivity index (χ4n) is 2.92. The van der Waals surface area contributed by atoms with Crippen molar-refractivity contribution in [1.29, 1.82) is 0 Å². The van der Waals surface area contributed by atoms with E-state index in [-0.39, 0.29) is 5.91 Å². The molecule has 2 heterocycles. The summed E-state index contributed by atoms with van der Waals surface area (Å²) >= 11 is 0. The lowest BCUT2D eigenvalue weighted by Gasteiger charge is -2.26. The van der Waals surface area contributed by atoms with Crippen LogP contribution in [0.4, 0.5) is 5.69 Å². The van der Waals surface area contributed by atoms with Crippen LogP contribution < -0.4 is 10.6 Å². The number of anilines is 1. The van der Waals surface area contributed by atoms with Gasteiger partial charge in [-0.2, -0.15) is 5.10 Å². The summed E-state index contributed by atoms with van der Waals surface area (Å²) in [5, 5.41) is 13.4. The quantitative estimate of drug-likeness (QED) is 0.808. The summed E-state index contributed by atoms with van der Waals surface area (Å²) in [7, 11) is 0. The summed E-state index contributed by atoms with van der Waals surface area (Å²) in [5.74, 6) is 1.44. The molecule has 0 aliphatic carbocycles. The van der Waals surface area contributed by atoms with Gasteiger partial charge in [0.15, 0.2) is 5.82 Å². The maximum Gasteiger partial charge on any atom is 0.244 e. The molecule has 6 heteroatoms. The fraction of sp³-hybridized carbons (Fsp3) is 0.438. The number of nitrogens with one attached hydrogen (secondary N) is 3. The minimum atomic E-state index is -0.433. The average molecular weight is 299 g/mol. The minimum Gasteiger partial charge on any atom is -0.324 e. The van der Waals surface area contributed by atoms with Crippen LogP contribution in [0, 0.1) is 6.92 Å². The summed E-state index contributed by atoms with van der Waals surface area (Å²) in [6, 6.07) is 7.62. The van der Waals surface area contributed by atoms with E-state index >= 15 is 0 Å². The van der Waals surface area contributed by atoms with Crippen LogP contribution in [-0.2, 0) is 4.79 Å². The molecule has 0 bridgehead atoms. The third-order valence-corrected chi connectivity index (χ3v) is 4.26. The van der Waals surface area contributed by atoms with E-state index in [1.165, 1.54) is 0 Å². The Morgan fingerprint density at radius 2 is 2.32 bits per heavy atom. The first kappa shape index (κ1) is 14.7. The van der Waals surface area contributed by atoms with Gasteiger partial charge in [0.2, 0.25) is 5.91 Å². The average Bonchev–Trinajstić information content (AvgIpc) is 3.17. The third-order valence-electron chi connectivity index (χ3n) is 4.26. The Morgan fingerprint density at radius 3 is 2.95 bits per heavy atom. The van der Waals surface area contributed by atoms with Crippen LogP contribution in [0.1, 0.15) is 32.0 Å². The highest BCUT2D eigenvalue weighted by Gasteiger charge is 2.39. The lowest BCUT2D eigenvalue weighted by atomic mass is 9.93. The van der Waals surface area contributed by atoms with Crippen LogP contribution in [0.2, 0.25) is 0 Å². The molecule has 1 amide bonds. The molecule has 1 aromatic heterocycles. The molecule has 1 fully saturated rings. The van der Waals surface area contributed by atoms with Crippen LogP contribution >= 0.6 is 0 Å². The minimum absolute atomic E-state index is 0.0378. The Hall–Kier alpha value is -2.21. The van der Waals surface area contributed by atoms with Gasteiger partial charge in [-0.05, 0) is 44.9 Å². The second-order valence-corrected chi connectivity index (χ2v) is 5.75. The van der Waals surface area contributed by atoms with E-state index in [1.54, 1.807) is 0 Å². The number of benzene rings is 1. The predicted octanol–water partition coefficient (Wildman–Crippen LogP) is 2.25. The first-order valence-electron chi connectivity index (χ1n) is 7.69. The van der Waals surface area contributed by atoms with Gasteiger partial charge in [0.1, 0.15) is 5.82 Å². The molecule has 0 radical (unpaired) electrons. The maximum absolute atomic E-state index is 12.6. The molecule has 0 saturated carbocycles. The van der Waals surface area contributed by atoms with E-state index in [0.29, 0.717) is 5.82 Å². The van der Waals surface area contributed by atoms with Crippen molar-refractivity contribution in [2.24, 2.45) is 0 Å². The number of H-pyrrole nitrogens is 1. The van der Waals surface area contributed by atoms with Crippen molar-refractivity contribution < 1.29 is 4.79 Å². The molecule has 1 saturated heterocycles. The van der Waals surface area contributed by atoms with Gasteiger partial charge in [0.05, 0.1) is 5.54 Å².